The van der Waals surface area contributed by atoms with Crippen LogP contribution >= 0.6 is 11.8 Å². The van der Waals surface area contributed by atoms with E-state index >= 15 is 0 Å². The first-order valence-electron chi connectivity index (χ1n) is 12.5. The smallest absolute Gasteiger partial charge is 0.336 e. The largest absolute Gasteiger partial charge is 0.423 e. The van der Waals surface area contributed by atoms with Crippen LogP contribution in [0.2, 0.25) is 0 Å². The van der Waals surface area contributed by atoms with Crippen LogP contribution in [-0.4, -0.2) is 61.4 Å². The number of hydrogen-bond acceptors (Lipinski definition) is 7. The van der Waals surface area contributed by atoms with E-state index in [-0.39, 0.29) is 36.2 Å². The highest BCUT2D eigenvalue weighted by Crippen LogP contribution is 2.33. The molecule has 3 unspecified atom stereocenters. The van der Waals surface area contributed by atoms with Crippen molar-refractivity contribution in [3.8, 4) is 0 Å². The Balaban J connectivity index is 1.13. The number of unbranched alkanes of at least 4 members (excludes halogenated alkanes) is 1. The fourth-order valence-corrected chi connectivity index (χ4v) is 6.37. The number of thioether (sulfide) groups is 1. The standard InChI is InChI=1S/C26H34N4O5S/c1-30(2)17-9-10-19-16(13-24(33)35-21(19)14-17)12-23(32)27-11-5-7-18(31)6-3-4-8-22-25-20(15-36-22)28-26(34)29-25/h9-10,13-14,20,22,25H,3-8,11-12,15H2,1-2H3,(H,27,32)(H2,28,29,34). The Bertz CT molecular complexity index is 1180. The predicted octanol–water partition coefficient (Wildman–Crippen LogP) is 2.59. The van der Waals surface area contributed by atoms with Gasteiger partial charge in [0.15, 0.2) is 0 Å². The van der Waals surface area contributed by atoms with Crippen molar-refractivity contribution in [2.45, 2.75) is 62.3 Å². The van der Waals surface area contributed by atoms with Crippen LogP contribution in [0.3, 0.4) is 0 Å². The van der Waals surface area contributed by atoms with Crippen LogP contribution in [0.4, 0.5) is 10.5 Å². The van der Waals surface area contributed by atoms with Crippen molar-refractivity contribution in [1.82, 2.24) is 16.0 Å². The molecule has 36 heavy (non-hydrogen) atoms. The van der Waals surface area contributed by atoms with Gasteiger partial charge in [0.05, 0.1) is 18.5 Å². The maximum atomic E-state index is 12.5. The van der Waals surface area contributed by atoms with Crippen LogP contribution < -0.4 is 26.5 Å². The molecule has 1 aromatic heterocycles. The third-order valence-corrected chi connectivity index (χ3v) is 8.28. The summed E-state index contributed by atoms with van der Waals surface area (Å²) < 4.78 is 5.32. The number of carbonyl (C=O) groups excluding carboxylic acids is 3. The normalized spacial score (nSPS) is 20.6. The monoisotopic (exact) mass is 514 g/mol. The number of nitrogens with zero attached hydrogens (tertiary/aromatic N) is 1. The molecule has 10 heteroatoms. The Morgan fingerprint density at radius 1 is 1.11 bits per heavy atom. The first kappa shape index (κ1) is 26.1. The topological polar surface area (TPSA) is 121 Å². The number of fused-ring (bicyclic) bond motifs is 2. The van der Waals surface area contributed by atoms with Crippen molar-refractivity contribution >= 4 is 46.1 Å². The molecule has 3 amide bonds. The SMILES string of the molecule is CN(C)c1ccc2c(CC(=O)NCCCC(=O)CCCCC3SCC4NC(=O)NC43)cc(=O)oc2c1. The fraction of sp³-hybridized carbons (Fsp3) is 0.538. The predicted molar refractivity (Wildman–Crippen MR) is 142 cm³/mol. The summed E-state index contributed by atoms with van der Waals surface area (Å²) in [6.07, 6.45) is 4.47. The number of Topliss-reactive ketones (excluding diaryl/α,β-unsaturated/α-hetero) is 1. The van der Waals surface area contributed by atoms with E-state index in [2.05, 4.69) is 16.0 Å². The molecule has 0 spiro atoms. The van der Waals surface area contributed by atoms with E-state index in [1.807, 2.05) is 42.9 Å². The summed E-state index contributed by atoms with van der Waals surface area (Å²) in [5.41, 5.74) is 1.50. The second kappa shape index (κ2) is 11.8. The van der Waals surface area contributed by atoms with Gasteiger partial charge in [0.1, 0.15) is 11.4 Å². The highest BCUT2D eigenvalue weighted by atomic mass is 32.2. The molecule has 2 saturated heterocycles. The van der Waals surface area contributed by atoms with E-state index in [1.54, 1.807) is 6.07 Å². The number of benzene rings is 1. The molecule has 0 radical (unpaired) electrons. The fourth-order valence-electron chi connectivity index (χ4n) is 4.83. The third-order valence-electron chi connectivity index (χ3n) is 6.77. The van der Waals surface area contributed by atoms with Gasteiger partial charge in [-0.1, -0.05) is 6.42 Å². The van der Waals surface area contributed by atoms with Crippen LogP contribution in [0, 0.1) is 0 Å². The van der Waals surface area contributed by atoms with E-state index < -0.39 is 5.63 Å². The van der Waals surface area contributed by atoms with Crippen LogP contribution in [-0.2, 0) is 16.0 Å². The lowest BCUT2D eigenvalue weighted by atomic mass is 10.0. The molecule has 2 fully saturated rings. The molecule has 3 heterocycles. The minimum Gasteiger partial charge on any atom is -0.423 e. The lowest BCUT2D eigenvalue weighted by molar-refractivity contribution is -0.121. The van der Waals surface area contributed by atoms with E-state index in [0.29, 0.717) is 42.2 Å². The Hall–Kier alpha value is -3.01. The van der Waals surface area contributed by atoms with Crippen molar-refractivity contribution in [2.75, 3.05) is 31.3 Å². The van der Waals surface area contributed by atoms with Crippen molar-refractivity contribution in [3.05, 3.63) is 40.2 Å². The van der Waals surface area contributed by atoms with E-state index in [9.17, 15) is 19.2 Å². The van der Waals surface area contributed by atoms with Gasteiger partial charge in [-0.2, -0.15) is 11.8 Å². The number of urea groups is 1. The minimum absolute atomic E-state index is 0.0704. The van der Waals surface area contributed by atoms with E-state index in [0.717, 1.165) is 36.1 Å². The molecule has 3 atom stereocenters. The van der Waals surface area contributed by atoms with Crippen LogP contribution in [0.25, 0.3) is 11.0 Å². The molecule has 1 aromatic carbocycles. The Morgan fingerprint density at radius 3 is 2.72 bits per heavy atom. The van der Waals surface area contributed by atoms with Gasteiger partial charge in [0.25, 0.3) is 0 Å². The Labute approximate surface area is 214 Å². The third kappa shape index (κ3) is 6.60. The van der Waals surface area contributed by atoms with Crippen LogP contribution in [0.5, 0.6) is 0 Å². The zero-order valence-electron chi connectivity index (χ0n) is 20.8. The summed E-state index contributed by atoms with van der Waals surface area (Å²) in [7, 11) is 3.81. The number of ketones is 1. The quantitative estimate of drug-likeness (QED) is 0.226. The molecule has 3 N–H and O–H groups in total. The lowest BCUT2D eigenvalue weighted by Crippen LogP contribution is -2.36. The summed E-state index contributed by atoms with van der Waals surface area (Å²) in [6, 6.07) is 7.30. The summed E-state index contributed by atoms with van der Waals surface area (Å²) in [4.78, 5) is 50.0. The van der Waals surface area contributed by atoms with Crippen molar-refractivity contribution in [3.63, 3.8) is 0 Å². The maximum Gasteiger partial charge on any atom is 0.336 e. The van der Waals surface area contributed by atoms with Gasteiger partial charge in [0.2, 0.25) is 5.91 Å². The summed E-state index contributed by atoms with van der Waals surface area (Å²) in [6.45, 7) is 0.420. The average molecular weight is 515 g/mol. The number of nitrogens with one attached hydrogen (secondary N) is 3. The average Bonchev–Trinajstić information content (AvgIpc) is 3.38. The molecule has 2 aliphatic heterocycles. The summed E-state index contributed by atoms with van der Waals surface area (Å²) in [5.74, 6) is 0.969. The second-order valence-electron chi connectivity index (χ2n) is 9.70. The van der Waals surface area contributed by atoms with Gasteiger partial charge >= 0.3 is 11.7 Å². The Morgan fingerprint density at radius 2 is 1.92 bits per heavy atom. The van der Waals surface area contributed by atoms with Gasteiger partial charge in [0, 0.05) is 67.7 Å². The molecule has 194 valence electrons. The molecule has 2 aliphatic rings. The molecule has 0 saturated carbocycles. The number of hydrogen-bond donors (Lipinski definition) is 3. The highest BCUT2D eigenvalue weighted by molar-refractivity contribution is 8.00. The Kier molecular flexibility index (Phi) is 8.56. The summed E-state index contributed by atoms with van der Waals surface area (Å²) in [5, 5.41) is 9.96. The van der Waals surface area contributed by atoms with Crippen molar-refractivity contribution in [2.24, 2.45) is 0 Å². The van der Waals surface area contributed by atoms with Crippen LogP contribution in [0.1, 0.15) is 44.1 Å². The summed E-state index contributed by atoms with van der Waals surface area (Å²) >= 11 is 1.89. The first-order valence-corrected chi connectivity index (χ1v) is 13.6. The highest BCUT2D eigenvalue weighted by Gasteiger charge is 2.42. The molecule has 9 nitrogen and oxygen atoms in total. The van der Waals surface area contributed by atoms with Gasteiger partial charge in [-0.25, -0.2) is 9.59 Å². The molecule has 2 aromatic rings. The lowest BCUT2D eigenvalue weighted by Gasteiger charge is -2.16. The molecular weight excluding hydrogens is 480 g/mol. The number of rotatable bonds is 12. The number of amides is 3. The second-order valence-corrected chi connectivity index (χ2v) is 11.0. The van der Waals surface area contributed by atoms with Crippen molar-refractivity contribution < 1.29 is 18.8 Å². The van der Waals surface area contributed by atoms with Gasteiger partial charge in [-0.3, -0.25) is 9.59 Å². The molecule has 0 bridgehead atoms. The van der Waals surface area contributed by atoms with Crippen LogP contribution in [0.15, 0.2) is 33.5 Å². The van der Waals surface area contributed by atoms with E-state index in [1.165, 1.54) is 6.07 Å². The van der Waals surface area contributed by atoms with E-state index in [4.69, 9.17) is 4.42 Å². The van der Waals surface area contributed by atoms with Gasteiger partial charge < -0.3 is 25.3 Å². The minimum atomic E-state index is -0.484. The maximum absolute atomic E-state index is 12.5. The van der Waals surface area contributed by atoms with Gasteiger partial charge in [-0.05, 0) is 37.0 Å². The number of anilines is 1. The zero-order valence-corrected chi connectivity index (χ0v) is 21.6. The van der Waals surface area contributed by atoms with Gasteiger partial charge in [-0.15, -0.1) is 0 Å². The molecule has 0 aliphatic carbocycles. The zero-order chi connectivity index (χ0) is 25.7. The van der Waals surface area contributed by atoms with Crippen molar-refractivity contribution in [1.29, 1.82) is 0 Å². The molecular formula is C26H34N4O5S. The number of carbonyl (C=O) groups is 3. The first-order chi connectivity index (χ1) is 17.3. The molecule has 4 rings (SSSR count).